The number of carbonyl (C=O) groups excluding carboxylic acids is 1. The maximum Gasteiger partial charge on any atom is 0.413 e. The summed E-state index contributed by atoms with van der Waals surface area (Å²) in [6.07, 6.45) is -2.27. The number of hydrogen-bond acceptors (Lipinski definition) is 7. The number of hydrogen-bond donors (Lipinski definition) is 3. The smallest absolute Gasteiger partial charge is 0.413 e. The number of ether oxygens (including phenoxy) is 1. The first kappa shape index (κ1) is 15.4. The number of amides is 1. The van der Waals surface area contributed by atoms with Crippen LogP contribution in [0, 0.1) is 11.3 Å². The molecule has 104 valence electrons. The van der Waals surface area contributed by atoms with E-state index in [0.717, 1.165) is 11.3 Å². The second-order valence-electron chi connectivity index (χ2n) is 4.71. The first-order valence-electron chi connectivity index (χ1n) is 5.44. The van der Waals surface area contributed by atoms with Crippen LogP contribution < -0.4 is 5.32 Å². The van der Waals surface area contributed by atoms with E-state index in [2.05, 4.69) is 10.3 Å². The number of thiazole rings is 1. The topological polar surface area (TPSA) is 115 Å². The molecule has 0 aliphatic heterocycles. The van der Waals surface area contributed by atoms with Gasteiger partial charge in [-0.3, -0.25) is 5.32 Å². The Morgan fingerprint density at radius 1 is 1.58 bits per heavy atom. The van der Waals surface area contributed by atoms with Gasteiger partial charge in [0.2, 0.25) is 0 Å². The number of aliphatic hydroxyl groups is 2. The van der Waals surface area contributed by atoms with Gasteiger partial charge in [0.05, 0.1) is 10.9 Å². The third-order valence-electron chi connectivity index (χ3n) is 1.85. The van der Waals surface area contributed by atoms with Crippen LogP contribution in [0.5, 0.6) is 0 Å². The van der Waals surface area contributed by atoms with E-state index in [1.165, 1.54) is 12.3 Å². The summed E-state index contributed by atoms with van der Waals surface area (Å²) in [5.74, 6) is 0. The molecule has 0 bridgehead atoms. The molecule has 0 aromatic carbocycles. The van der Waals surface area contributed by atoms with E-state index in [1.807, 2.05) is 0 Å². The van der Waals surface area contributed by atoms with Crippen LogP contribution in [0.15, 0.2) is 6.20 Å². The minimum Gasteiger partial charge on any atom is -0.444 e. The molecule has 0 saturated heterocycles. The number of nitrogens with zero attached hydrogens (tertiary/aromatic N) is 2. The summed E-state index contributed by atoms with van der Waals surface area (Å²) >= 11 is 0.955. The fourth-order valence-electron chi connectivity index (χ4n) is 1.10. The molecule has 0 saturated carbocycles. The summed E-state index contributed by atoms with van der Waals surface area (Å²) in [5, 5.41) is 29.9. The van der Waals surface area contributed by atoms with Crippen molar-refractivity contribution in [2.24, 2.45) is 0 Å². The summed E-state index contributed by atoms with van der Waals surface area (Å²) in [6, 6.07) is 1.52. The minimum atomic E-state index is -1.53. The maximum atomic E-state index is 11.5. The van der Waals surface area contributed by atoms with Gasteiger partial charge in [0.15, 0.2) is 11.2 Å². The van der Waals surface area contributed by atoms with Crippen LogP contribution >= 0.6 is 11.3 Å². The van der Waals surface area contributed by atoms with Crippen molar-refractivity contribution >= 4 is 22.6 Å². The lowest BCUT2D eigenvalue weighted by Gasteiger charge is -2.18. The van der Waals surface area contributed by atoms with E-state index in [-0.39, 0.29) is 10.0 Å². The van der Waals surface area contributed by atoms with Gasteiger partial charge in [0.1, 0.15) is 11.7 Å². The molecule has 2 unspecified atom stereocenters. The van der Waals surface area contributed by atoms with E-state index in [0.29, 0.717) is 0 Å². The molecule has 1 aromatic rings. The summed E-state index contributed by atoms with van der Waals surface area (Å²) in [5.41, 5.74) is -0.624. The standard InChI is InChI=1S/C11H15N3O4S/c1-11(2,3)18-10(17)14-9-13-5-7(19-9)8(16)6(15)4-12/h5-6,8,15-16H,1-3H3,(H,13,14,17). The van der Waals surface area contributed by atoms with Crippen LogP contribution in [0.1, 0.15) is 31.8 Å². The average Bonchev–Trinajstić information content (AvgIpc) is 2.72. The first-order valence-corrected chi connectivity index (χ1v) is 6.26. The quantitative estimate of drug-likeness (QED) is 0.723. The Balaban J connectivity index is 2.66. The molecule has 0 spiro atoms. The number of carbonyl (C=O) groups is 1. The highest BCUT2D eigenvalue weighted by Gasteiger charge is 2.22. The van der Waals surface area contributed by atoms with E-state index >= 15 is 0 Å². The van der Waals surface area contributed by atoms with Crippen molar-refractivity contribution in [3.05, 3.63) is 11.1 Å². The molecule has 1 aromatic heterocycles. The zero-order chi connectivity index (χ0) is 14.6. The molecule has 0 aliphatic rings. The highest BCUT2D eigenvalue weighted by atomic mass is 32.1. The predicted octanol–water partition coefficient (Wildman–Crippen LogP) is 1.41. The van der Waals surface area contributed by atoms with Crippen LogP contribution in [0.25, 0.3) is 0 Å². The number of aliphatic hydroxyl groups excluding tert-OH is 2. The Hall–Kier alpha value is -1.69. The molecule has 3 N–H and O–H groups in total. The summed E-state index contributed by atoms with van der Waals surface area (Å²) in [7, 11) is 0. The van der Waals surface area contributed by atoms with Crippen molar-refractivity contribution in [2.45, 2.75) is 38.6 Å². The van der Waals surface area contributed by atoms with Crippen LogP contribution in [0.4, 0.5) is 9.93 Å². The minimum absolute atomic E-state index is 0.216. The summed E-state index contributed by atoms with van der Waals surface area (Å²) < 4.78 is 5.03. The average molecular weight is 285 g/mol. The lowest BCUT2D eigenvalue weighted by Crippen LogP contribution is -2.27. The van der Waals surface area contributed by atoms with Gasteiger partial charge in [0.25, 0.3) is 0 Å². The van der Waals surface area contributed by atoms with Crippen molar-refractivity contribution in [2.75, 3.05) is 5.32 Å². The van der Waals surface area contributed by atoms with E-state index < -0.39 is 23.9 Å². The molecule has 2 atom stereocenters. The van der Waals surface area contributed by atoms with Gasteiger partial charge in [-0.15, -0.1) is 0 Å². The largest absolute Gasteiger partial charge is 0.444 e. The molecule has 8 heteroatoms. The predicted molar refractivity (Wildman–Crippen MR) is 68.6 cm³/mol. The van der Waals surface area contributed by atoms with E-state index in [1.54, 1.807) is 20.8 Å². The summed E-state index contributed by atoms with van der Waals surface area (Å²) in [6.45, 7) is 5.19. The SMILES string of the molecule is CC(C)(C)OC(=O)Nc1ncc(C(O)C(O)C#N)s1. The second-order valence-corrected chi connectivity index (χ2v) is 5.78. The fraction of sp³-hybridized carbons (Fsp3) is 0.545. The van der Waals surface area contributed by atoms with Gasteiger partial charge in [-0.1, -0.05) is 11.3 Å². The lowest BCUT2D eigenvalue weighted by molar-refractivity contribution is 0.0551. The van der Waals surface area contributed by atoms with E-state index in [9.17, 15) is 15.0 Å². The van der Waals surface area contributed by atoms with Crippen LogP contribution in [-0.2, 0) is 4.74 Å². The van der Waals surface area contributed by atoms with Gasteiger partial charge in [0, 0.05) is 6.20 Å². The van der Waals surface area contributed by atoms with Crippen LogP contribution in [-0.4, -0.2) is 33.0 Å². The number of anilines is 1. The molecule has 1 heterocycles. The Morgan fingerprint density at radius 3 is 2.74 bits per heavy atom. The fourth-order valence-corrected chi connectivity index (χ4v) is 1.92. The van der Waals surface area contributed by atoms with Crippen LogP contribution in [0.3, 0.4) is 0 Å². The third kappa shape index (κ3) is 4.82. The molecule has 1 rings (SSSR count). The van der Waals surface area contributed by atoms with Crippen molar-refractivity contribution in [1.82, 2.24) is 4.98 Å². The maximum absolute atomic E-state index is 11.5. The van der Waals surface area contributed by atoms with Gasteiger partial charge in [-0.2, -0.15) is 5.26 Å². The highest BCUT2D eigenvalue weighted by Crippen LogP contribution is 2.26. The van der Waals surface area contributed by atoms with Crippen molar-refractivity contribution in [3.8, 4) is 6.07 Å². The van der Waals surface area contributed by atoms with Gasteiger partial charge in [-0.05, 0) is 20.8 Å². The molecule has 0 radical (unpaired) electrons. The molecule has 7 nitrogen and oxygen atoms in total. The Bertz CT molecular complexity index is 489. The normalized spacial score (nSPS) is 14.3. The monoisotopic (exact) mass is 285 g/mol. The van der Waals surface area contributed by atoms with E-state index in [4.69, 9.17) is 10.00 Å². The van der Waals surface area contributed by atoms with Gasteiger partial charge in [-0.25, -0.2) is 9.78 Å². The van der Waals surface area contributed by atoms with Gasteiger partial charge < -0.3 is 14.9 Å². The van der Waals surface area contributed by atoms with Crippen molar-refractivity contribution in [1.29, 1.82) is 5.26 Å². The van der Waals surface area contributed by atoms with Crippen LogP contribution in [0.2, 0.25) is 0 Å². The number of nitrogens with one attached hydrogen (secondary N) is 1. The highest BCUT2D eigenvalue weighted by molar-refractivity contribution is 7.15. The van der Waals surface area contributed by atoms with Crippen molar-refractivity contribution in [3.63, 3.8) is 0 Å². The Morgan fingerprint density at radius 2 is 2.21 bits per heavy atom. The molecule has 0 aliphatic carbocycles. The molecule has 1 amide bonds. The zero-order valence-corrected chi connectivity index (χ0v) is 11.6. The second kappa shape index (κ2) is 5.97. The lowest BCUT2D eigenvalue weighted by atomic mass is 10.2. The first-order chi connectivity index (χ1) is 8.73. The molecular weight excluding hydrogens is 270 g/mol. The zero-order valence-electron chi connectivity index (χ0n) is 10.7. The number of rotatable bonds is 3. The number of nitriles is 1. The molecular formula is C11H15N3O4S. The Kier molecular flexibility index (Phi) is 4.83. The Labute approximate surface area is 114 Å². The van der Waals surface area contributed by atoms with Crippen molar-refractivity contribution < 1.29 is 19.7 Å². The molecule has 19 heavy (non-hydrogen) atoms. The number of aromatic nitrogens is 1. The summed E-state index contributed by atoms with van der Waals surface area (Å²) in [4.78, 5) is 15.6. The van der Waals surface area contributed by atoms with Gasteiger partial charge >= 0.3 is 6.09 Å². The molecule has 0 fully saturated rings. The third-order valence-corrected chi connectivity index (χ3v) is 2.84.